The summed E-state index contributed by atoms with van der Waals surface area (Å²) in [6.45, 7) is 4.51. The summed E-state index contributed by atoms with van der Waals surface area (Å²) >= 11 is 0. The molecule has 3 fully saturated rings. The van der Waals surface area contributed by atoms with E-state index >= 15 is 0 Å². The molecule has 1 N–H and O–H groups in total. The van der Waals surface area contributed by atoms with E-state index in [0.29, 0.717) is 17.9 Å². The molecule has 184 valence electrons. The van der Waals surface area contributed by atoms with E-state index in [0.717, 1.165) is 43.4 Å². The molecule has 11 heteroatoms. The molecule has 0 aliphatic carbocycles. The van der Waals surface area contributed by atoms with Crippen LogP contribution in [0.4, 0.5) is 0 Å². The number of aliphatic hydroxyl groups excluding tert-OH is 1. The SMILES string of the molecule is CC1=C(N2C(=O)C3(CC2C)CC2CCC(C3)N2C[C@H](O)c2ccc(-n3cnnn3)nc2)COC1=O. The van der Waals surface area contributed by atoms with Crippen molar-refractivity contribution in [3.63, 3.8) is 0 Å². The van der Waals surface area contributed by atoms with Crippen molar-refractivity contribution >= 4 is 11.9 Å². The van der Waals surface area contributed by atoms with E-state index < -0.39 is 11.5 Å². The van der Waals surface area contributed by atoms with Gasteiger partial charge in [-0.1, -0.05) is 6.07 Å². The number of amides is 1. The number of nitrogens with zero attached hydrogens (tertiary/aromatic N) is 7. The molecule has 0 radical (unpaired) electrons. The minimum absolute atomic E-state index is 0.0447. The van der Waals surface area contributed by atoms with Gasteiger partial charge >= 0.3 is 5.97 Å². The number of cyclic esters (lactones) is 1. The van der Waals surface area contributed by atoms with Crippen molar-refractivity contribution in [2.24, 2.45) is 5.41 Å². The molecule has 3 saturated heterocycles. The fraction of sp³-hybridized carbons (Fsp3) is 0.583. The number of carbonyl (C=O) groups excluding carboxylic acids is 2. The Kier molecular flexibility index (Phi) is 5.22. The van der Waals surface area contributed by atoms with Gasteiger partial charge in [-0.15, -0.1) is 5.10 Å². The highest BCUT2D eigenvalue weighted by Gasteiger charge is 2.58. The van der Waals surface area contributed by atoms with Crippen LogP contribution in [0.2, 0.25) is 0 Å². The average molecular weight is 480 g/mol. The first-order chi connectivity index (χ1) is 16.9. The largest absolute Gasteiger partial charge is 0.456 e. The third kappa shape index (κ3) is 3.56. The molecule has 4 aliphatic rings. The Morgan fingerprint density at radius 2 is 1.97 bits per heavy atom. The van der Waals surface area contributed by atoms with Gasteiger partial charge in [-0.25, -0.2) is 9.78 Å². The van der Waals surface area contributed by atoms with Gasteiger partial charge in [-0.3, -0.25) is 9.69 Å². The van der Waals surface area contributed by atoms with Crippen LogP contribution in [0, 0.1) is 5.41 Å². The highest BCUT2D eigenvalue weighted by atomic mass is 16.5. The molecule has 4 atom stereocenters. The molecule has 11 nitrogen and oxygen atoms in total. The lowest BCUT2D eigenvalue weighted by Gasteiger charge is -2.44. The zero-order valence-electron chi connectivity index (χ0n) is 19.9. The van der Waals surface area contributed by atoms with Crippen LogP contribution < -0.4 is 0 Å². The summed E-state index contributed by atoms with van der Waals surface area (Å²) in [5, 5.41) is 22.1. The third-order valence-electron chi connectivity index (χ3n) is 8.32. The van der Waals surface area contributed by atoms with Crippen LogP contribution in [-0.4, -0.2) is 83.3 Å². The van der Waals surface area contributed by atoms with Gasteiger partial charge in [0.1, 0.15) is 12.9 Å². The van der Waals surface area contributed by atoms with E-state index in [4.69, 9.17) is 4.74 Å². The number of pyridine rings is 1. The zero-order chi connectivity index (χ0) is 24.3. The minimum Gasteiger partial charge on any atom is -0.456 e. The quantitative estimate of drug-likeness (QED) is 0.629. The van der Waals surface area contributed by atoms with Crippen LogP contribution in [0.1, 0.15) is 57.6 Å². The normalized spacial score (nSPS) is 31.6. The third-order valence-corrected chi connectivity index (χ3v) is 8.32. The molecule has 1 amide bonds. The molecule has 35 heavy (non-hydrogen) atoms. The molecule has 6 rings (SSSR count). The van der Waals surface area contributed by atoms with Crippen LogP contribution in [-0.2, 0) is 14.3 Å². The van der Waals surface area contributed by atoms with Crippen LogP contribution >= 0.6 is 0 Å². The number of aliphatic hydroxyl groups is 1. The van der Waals surface area contributed by atoms with Crippen molar-refractivity contribution in [2.45, 2.75) is 70.2 Å². The Labute approximate surface area is 202 Å². The maximum absolute atomic E-state index is 13.8. The summed E-state index contributed by atoms with van der Waals surface area (Å²) in [5.41, 5.74) is 1.62. The Morgan fingerprint density at radius 3 is 2.57 bits per heavy atom. The number of rotatable bonds is 5. The number of hydrogen-bond donors (Lipinski definition) is 1. The van der Waals surface area contributed by atoms with E-state index in [2.05, 4.69) is 32.3 Å². The van der Waals surface area contributed by atoms with Crippen molar-refractivity contribution in [3.05, 3.63) is 41.5 Å². The van der Waals surface area contributed by atoms with Crippen LogP contribution in [0.15, 0.2) is 35.9 Å². The second-order valence-corrected chi connectivity index (χ2v) is 10.4. The number of tetrazole rings is 1. The summed E-state index contributed by atoms with van der Waals surface area (Å²) in [5.74, 6) is 0.395. The highest BCUT2D eigenvalue weighted by Crippen LogP contribution is 2.53. The molecule has 0 aromatic carbocycles. The van der Waals surface area contributed by atoms with E-state index in [1.54, 1.807) is 19.2 Å². The molecular formula is C24H29N7O4. The van der Waals surface area contributed by atoms with E-state index in [1.807, 2.05) is 11.0 Å². The number of fused-ring (bicyclic) bond motifs is 2. The van der Waals surface area contributed by atoms with E-state index in [-0.39, 0.29) is 36.6 Å². The fourth-order valence-electron chi connectivity index (χ4n) is 6.69. The van der Waals surface area contributed by atoms with E-state index in [9.17, 15) is 14.7 Å². The Balaban J connectivity index is 1.16. The summed E-state index contributed by atoms with van der Waals surface area (Å²) in [7, 11) is 0. The fourth-order valence-corrected chi connectivity index (χ4v) is 6.69. The number of carbonyl (C=O) groups is 2. The minimum atomic E-state index is -0.674. The zero-order valence-corrected chi connectivity index (χ0v) is 19.9. The lowest BCUT2D eigenvalue weighted by Crippen LogP contribution is -2.51. The average Bonchev–Trinajstić information content (AvgIpc) is 3.59. The Morgan fingerprint density at radius 1 is 1.20 bits per heavy atom. The maximum atomic E-state index is 13.8. The molecule has 2 aromatic rings. The number of aromatic nitrogens is 5. The van der Waals surface area contributed by atoms with Gasteiger partial charge in [0.25, 0.3) is 0 Å². The van der Waals surface area contributed by atoms with Crippen LogP contribution in [0.5, 0.6) is 0 Å². The second kappa shape index (κ2) is 8.20. The standard InChI is InChI=1S/C24H29N7O4/c1-14-7-24(23(34)31(14)19-12-35-22(33)15(19)2)8-17-4-5-18(9-24)29(17)11-20(32)16-3-6-21(25-10-16)30-13-26-27-28-30/h3,6,10,13-14,17-18,20,32H,4-5,7-9,11-12H2,1-2H3/t14?,17?,18?,20-,24?/m0/s1. The van der Waals surface area contributed by atoms with Crippen molar-refractivity contribution in [2.75, 3.05) is 13.2 Å². The lowest BCUT2D eigenvalue weighted by molar-refractivity contribution is -0.140. The first kappa shape index (κ1) is 22.3. The van der Waals surface area contributed by atoms with E-state index in [1.165, 1.54) is 11.0 Å². The molecule has 2 aromatic heterocycles. The van der Waals surface area contributed by atoms with Crippen LogP contribution in [0.25, 0.3) is 5.82 Å². The predicted molar refractivity (Wildman–Crippen MR) is 122 cm³/mol. The monoisotopic (exact) mass is 479 g/mol. The molecule has 4 aliphatic heterocycles. The topological polar surface area (TPSA) is 127 Å². The highest BCUT2D eigenvalue weighted by molar-refractivity contribution is 5.94. The van der Waals surface area contributed by atoms with Gasteiger partial charge in [0, 0.05) is 36.4 Å². The van der Waals surface area contributed by atoms with Gasteiger partial charge < -0.3 is 14.7 Å². The Bertz CT molecular complexity index is 1160. The van der Waals surface area contributed by atoms with Crippen LogP contribution in [0.3, 0.4) is 0 Å². The number of ether oxygens (including phenoxy) is 1. The van der Waals surface area contributed by atoms with Crippen molar-refractivity contribution < 1.29 is 19.4 Å². The van der Waals surface area contributed by atoms with Gasteiger partial charge in [0.15, 0.2) is 5.82 Å². The molecule has 6 heterocycles. The summed E-state index contributed by atoms with van der Waals surface area (Å²) < 4.78 is 6.66. The summed E-state index contributed by atoms with van der Waals surface area (Å²) in [6.07, 6.45) is 6.88. The Hall–Kier alpha value is -3.18. The summed E-state index contributed by atoms with van der Waals surface area (Å²) in [4.78, 5) is 34.3. The molecule has 3 unspecified atom stereocenters. The molecular weight excluding hydrogens is 450 g/mol. The van der Waals surface area contributed by atoms with Gasteiger partial charge in [-0.2, -0.15) is 4.68 Å². The summed E-state index contributed by atoms with van der Waals surface area (Å²) in [6, 6.07) is 4.19. The van der Waals surface area contributed by atoms with Gasteiger partial charge in [0.05, 0.1) is 22.8 Å². The van der Waals surface area contributed by atoms with Crippen molar-refractivity contribution in [3.8, 4) is 5.82 Å². The number of likely N-dealkylation sites (tertiary alicyclic amines) is 1. The number of piperidine rings is 1. The first-order valence-electron chi connectivity index (χ1n) is 12.2. The molecule has 1 spiro atoms. The van der Waals surface area contributed by atoms with Crippen molar-refractivity contribution in [1.82, 2.24) is 35.0 Å². The predicted octanol–water partition coefficient (Wildman–Crippen LogP) is 1.16. The molecule has 2 bridgehead atoms. The lowest BCUT2D eigenvalue weighted by atomic mass is 9.72. The van der Waals surface area contributed by atoms with Gasteiger partial charge in [-0.05, 0) is 62.4 Å². The number of hydrogen-bond acceptors (Lipinski definition) is 9. The van der Waals surface area contributed by atoms with Crippen molar-refractivity contribution in [1.29, 1.82) is 0 Å². The molecule has 0 saturated carbocycles. The van der Waals surface area contributed by atoms with Gasteiger partial charge in [0.2, 0.25) is 5.91 Å². The second-order valence-electron chi connectivity index (χ2n) is 10.4. The maximum Gasteiger partial charge on any atom is 0.336 e. The first-order valence-corrected chi connectivity index (χ1v) is 12.2. The number of esters is 1. The smallest absolute Gasteiger partial charge is 0.336 e.